The van der Waals surface area contributed by atoms with E-state index in [9.17, 15) is 9.59 Å². The van der Waals surface area contributed by atoms with Crippen LogP contribution in [0.2, 0.25) is 0 Å². The summed E-state index contributed by atoms with van der Waals surface area (Å²) in [4.78, 5) is 31.7. The maximum Gasteiger partial charge on any atom is 0.253 e. The predicted molar refractivity (Wildman–Crippen MR) is 142 cm³/mol. The van der Waals surface area contributed by atoms with Gasteiger partial charge in [0.15, 0.2) is 0 Å². The van der Waals surface area contributed by atoms with Crippen molar-refractivity contribution >= 4 is 11.8 Å². The van der Waals surface area contributed by atoms with E-state index in [-0.39, 0.29) is 11.8 Å². The van der Waals surface area contributed by atoms with Crippen LogP contribution in [0.1, 0.15) is 78.1 Å². The molecule has 0 spiro atoms. The third-order valence-corrected chi connectivity index (χ3v) is 8.17. The van der Waals surface area contributed by atoms with Gasteiger partial charge in [0.25, 0.3) is 11.8 Å². The molecule has 36 heavy (non-hydrogen) atoms. The molecular formula is C30H39N3O3. The first kappa shape index (κ1) is 24.8. The highest BCUT2D eigenvalue weighted by atomic mass is 16.5. The van der Waals surface area contributed by atoms with Crippen molar-refractivity contribution in [1.29, 1.82) is 0 Å². The van der Waals surface area contributed by atoms with Crippen LogP contribution in [0.15, 0.2) is 48.5 Å². The van der Waals surface area contributed by atoms with Crippen molar-refractivity contribution in [1.82, 2.24) is 14.7 Å². The number of carbonyl (C=O) groups excluding carboxylic acids is 2. The zero-order valence-electron chi connectivity index (χ0n) is 21.7. The average Bonchev–Trinajstić information content (AvgIpc) is 2.88. The minimum atomic E-state index is 0.0589. The minimum Gasteiger partial charge on any atom is -0.490 e. The molecule has 0 bridgehead atoms. The Kier molecular flexibility index (Phi) is 7.61. The summed E-state index contributed by atoms with van der Waals surface area (Å²) in [5, 5.41) is 0. The number of hydrogen-bond donors (Lipinski definition) is 0. The van der Waals surface area contributed by atoms with Gasteiger partial charge in [-0.25, -0.2) is 0 Å². The average molecular weight is 490 g/mol. The maximum absolute atomic E-state index is 13.0. The number of likely N-dealkylation sites (tertiary alicyclic amines) is 3. The van der Waals surface area contributed by atoms with Gasteiger partial charge in [-0.15, -0.1) is 0 Å². The lowest BCUT2D eigenvalue weighted by atomic mass is 9.89. The fourth-order valence-electron chi connectivity index (χ4n) is 5.58. The summed E-state index contributed by atoms with van der Waals surface area (Å²) in [5.41, 5.74) is 2.66. The van der Waals surface area contributed by atoms with Crippen molar-refractivity contribution in [2.75, 3.05) is 39.3 Å². The van der Waals surface area contributed by atoms with Crippen molar-refractivity contribution in [3.8, 4) is 5.75 Å². The van der Waals surface area contributed by atoms with Gasteiger partial charge in [0.05, 0.1) is 0 Å². The summed E-state index contributed by atoms with van der Waals surface area (Å²) in [6.07, 6.45) is 5.49. The van der Waals surface area contributed by atoms with Gasteiger partial charge in [0.1, 0.15) is 11.9 Å². The van der Waals surface area contributed by atoms with E-state index in [2.05, 4.69) is 43.0 Å². The highest BCUT2D eigenvalue weighted by Gasteiger charge is 2.26. The Hall–Kier alpha value is -2.86. The van der Waals surface area contributed by atoms with E-state index in [1.165, 1.54) is 5.56 Å². The van der Waals surface area contributed by atoms with Gasteiger partial charge in [0, 0.05) is 56.4 Å². The lowest BCUT2D eigenvalue weighted by Gasteiger charge is -2.34. The summed E-state index contributed by atoms with van der Waals surface area (Å²) in [5.74, 6) is 1.55. The highest BCUT2D eigenvalue weighted by molar-refractivity contribution is 5.98. The molecular weight excluding hydrogens is 450 g/mol. The molecule has 2 amide bonds. The van der Waals surface area contributed by atoms with Crippen LogP contribution in [-0.2, 0) is 0 Å². The van der Waals surface area contributed by atoms with Gasteiger partial charge in [0.2, 0.25) is 0 Å². The summed E-state index contributed by atoms with van der Waals surface area (Å²) >= 11 is 0. The first-order valence-electron chi connectivity index (χ1n) is 13.7. The van der Waals surface area contributed by atoms with Gasteiger partial charge in [-0.05, 0) is 93.8 Å². The van der Waals surface area contributed by atoms with Crippen LogP contribution in [0, 0.1) is 0 Å². The molecule has 3 heterocycles. The molecule has 2 aromatic carbocycles. The zero-order valence-corrected chi connectivity index (χ0v) is 21.7. The number of carbonyl (C=O) groups is 2. The maximum atomic E-state index is 13.0. The molecule has 0 aliphatic carbocycles. The Bertz CT molecular complexity index is 1030. The van der Waals surface area contributed by atoms with Gasteiger partial charge in [-0.3, -0.25) is 9.59 Å². The largest absolute Gasteiger partial charge is 0.490 e. The first-order chi connectivity index (χ1) is 17.5. The van der Waals surface area contributed by atoms with E-state index in [1.54, 1.807) is 24.3 Å². The van der Waals surface area contributed by atoms with Crippen molar-refractivity contribution < 1.29 is 14.3 Å². The molecule has 6 heteroatoms. The van der Waals surface area contributed by atoms with Crippen LogP contribution < -0.4 is 4.74 Å². The van der Waals surface area contributed by atoms with Crippen molar-refractivity contribution in [2.24, 2.45) is 0 Å². The number of benzene rings is 2. The van der Waals surface area contributed by atoms with E-state index in [0.29, 0.717) is 29.2 Å². The SMILES string of the molecule is CC(C)N1CCC(Oc2ccc(C3CCN(C(=O)c4ccc(C(=O)N5CCC5)cc4)CC3)cc2)CC1. The molecule has 0 aromatic heterocycles. The lowest BCUT2D eigenvalue weighted by Crippen LogP contribution is -2.42. The van der Waals surface area contributed by atoms with Gasteiger partial charge in [-0.1, -0.05) is 12.1 Å². The quantitative estimate of drug-likeness (QED) is 0.585. The molecule has 0 radical (unpaired) electrons. The molecule has 0 atom stereocenters. The van der Waals surface area contributed by atoms with E-state index in [1.807, 2.05) is 9.80 Å². The standard InChI is InChI=1S/C30H39N3O3/c1-22(2)31-20-14-28(15-21-31)36-27-10-8-23(9-11-27)24-12-18-33(19-13-24)30(35)26-6-4-25(5-7-26)29(34)32-16-3-17-32/h4-11,22,24,28H,3,12-21H2,1-2H3. The van der Waals surface area contributed by atoms with E-state index >= 15 is 0 Å². The summed E-state index contributed by atoms with van der Waals surface area (Å²) < 4.78 is 6.27. The summed E-state index contributed by atoms with van der Waals surface area (Å²) in [6.45, 7) is 9.92. The third kappa shape index (κ3) is 5.59. The van der Waals surface area contributed by atoms with Crippen LogP contribution in [-0.4, -0.2) is 77.9 Å². The molecule has 3 fully saturated rings. The van der Waals surface area contributed by atoms with Gasteiger partial charge >= 0.3 is 0 Å². The molecule has 0 unspecified atom stereocenters. The number of nitrogens with zero attached hydrogens (tertiary/aromatic N) is 3. The molecule has 3 aliphatic heterocycles. The molecule has 3 aliphatic rings. The molecule has 2 aromatic rings. The predicted octanol–water partition coefficient (Wildman–Crippen LogP) is 4.80. The fraction of sp³-hybridized carbons (Fsp3) is 0.533. The van der Waals surface area contributed by atoms with Crippen molar-refractivity contribution in [2.45, 2.75) is 64.0 Å². The van der Waals surface area contributed by atoms with Crippen LogP contribution in [0.4, 0.5) is 0 Å². The van der Waals surface area contributed by atoms with Crippen molar-refractivity contribution in [3.05, 3.63) is 65.2 Å². The zero-order chi connectivity index (χ0) is 25.1. The minimum absolute atomic E-state index is 0.0589. The molecule has 5 rings (SSSR count). The van der Waals surface area contributed by atoms with Crippen LogP contribution >= 0.6 is 0 Å². The number of amides is 2. The summed E-state index contributed by atoms with van der Waals surface area (Å²) in [7, 11) is 0. The molecule has 6 nitrogen and oxygen atoms in total. The number of hydrogen-bond acceptors (Lipinski definition) is 4. The Labute approximate surface area is 215 Å². The van der Waals surface area contributed by atoms with Crippen LogP contribution in [0.25, 0.3) is 0 Å². The number of piperidine rings is 2. The number of ether oxygens (including phenoxy) is 1. The Morgan fingerprint density at radius 1 is 0.722 bits per heavy atom. The van der Waals surface area contributed by atoms with E-state index in [0.717, 1.165) is 77.1 Å². The smallest absolute Gasteiger partial charge is 0.253 e. The van der Waals surface area contributed by atoms with Gasteiger partial charge in [-0.2, -0.15) is 0 Å². The topological polar surface area (TPSA) is 53.1 Å². The first-order valence-corrected chi connectivity index (χ1v) is 13.7. The lowest BCUT2D eigenvalue weighted by molar-refractivity contribution is 0.0649. The molecule has 3 saturated heterocycles. The van der Waals surface area contributed by atoms with E-state index in [4.69, 9.17) is 4.74 Å². The molecule has 0 saturated carbocycles. The Balaban J connectivity index is 1.09. The highest BCUT2D eigenvalue weighted by Crippen LogP contribution is 2.30. The van der Waals surface area contributed by atoms with E-state index < -0.39 is 0 Å². The monoisotopic (exact) mass is 489 g/mol. The second-order valence-electron chi connectivity index (χ2n) is 10.8. The molecule has 192 valence electrons. The normalized spacial score (nSPS) is 19.9. The number of rotatable bonds is 6. The third-order valence-electron chi connectivity index (χ3n) is 8.17. The van der Waals surface area contributed by atoms with Crippen LogP contribution in [0.3, 0.4) is 0 Å². The summed E-state index contributed by atoms with van der Waals surface area (Å²) in [6, 6.07) is 16.4. The second-order valence-corrected chi connectivity index (χ2v) is 10.8. The van der Waals surface area contributed by atoms with Crippen LogP contribution in [0.5, 0.6) is 5.75 Å². The Morgan fingerprint density at radius 3 is 1.72 bits per heavy atom. The molecule has 0 N–H and O–H groups in total. The van der Waals surface area contributed by atoms with Crippen molar-refractivity contribution in [3.63, 3.8) is 0 Å². The Morgan fingerprint density at radius 2 is 1.25 bits per heavy atom. The van der Waals surface area contributed by atoms with Gasteiger partial charge < -0.3 is 19.4 Å². The fourth-order valence-corrected chi connectivity index (χ4v) is 5.58. The second kappa shape index (κ2) is 11.0.